The Bertz CT molecular complexity index is 716. The third-order valence-corrected chi connectivity index (χ3v) is 4.55. The van der Waals surface area contributed by atoms with Crippen LogP contribution in [0.4, 0.5) is 0 Å². The monoisotopic (exact) mass is 334 g/mol. The summed E-state index contributed by atoms with van der Waals surface area (Å²) in [5, 5.41) is 7.99. The molecule has 1 aromatic carbocycles. The molecule has 0 bridgehead atoms. The maximum absolute atomic E-state index is 11.6. The van der Waals surface area contributed by atoms with Gasteiger partial charge in [-0.2, -0.15) is 0 Å². The van der Waals surface area contributed by atoms with Crippen molar-refractivity contribution in [3.63, 3.8) is 0 Å². The van der Waals surface area contributed by atoms with Crippen molar-refractivity contribution < 1.29 is 18.7 Å². The van der Waals surface area contributed by atoms with Gasteiger partial charge in [-0.1, -0.05) is 12.1 Å². The molecular weight excluding hydrogens is 316 g/mol. The third-order valence-electron chi connectivity index (χ3n) is 3.51. The summed E-state index contributed by atoms with van der Waals surface area (Å²) in [6, 6.07) is 6.01. The van der Waals surface area contributed by atoms with E-state index in [9.17, 15) is 4.79 Å². The van der Waals surface area contributed by atoms with Gasteiger partial charge < -0.3 is 13.9 Å². The number of aryl methyl sites for hydroxylation is 2. The number of benzene rings is 1. The molecule has 0 radical (unpaired) electrons. The SMILES string of the molecule is Cc1ccc(C)c(OCc2nnc(S[C@H]3C[C@@H](C)OC3=O)o2)c1. The summed E-state index contributed by atoms with van der Waals surface area (Å²) in [5.74, 6) is 0.951. The quantitative estimate of drug-likeness (QED) is 0.778. The second-order valence-corrected chi connectivity index (χ2v) is 6.76. The van der Waals surface area contributed by atoms with E-state index in [0.29, 0.717) is 17.5 Å². The van der Waals surface area contributed by atoms with Crippen LogP contribution in [-0.2, 0) is 16.1 Å². The summed E-state index contributed by atoms with van der Waals surface area (Å²) in [6.07, 6.45) is 0.593. The lowest BCUT2D eigenvalue weighted by molar-refractivity contribution is -0.140. The fourth-order valence-electron chi connectivity index (χ4n) is 2.28. The zero-order valence-corrected chi connectivity index (χ0v) is 14.1. The minimum atomic E-state index is -0.279. The van der Waals surface area contributed by atoms with Crippen LogP contribution in [0.15, 0.2) is 27.8 Å². The summed E-state index contributed by atoms with van der Waals surface area (Å²) in [7, 11) is 0. The number of carbonyl (C=O) groups is 1. The summed E-state index contributed by atoms with van der Waals surface area (Å²) < 4.78 is 16.4. The molecule has 7 heteroatoms. The molecule has 1 aromatic heterocycles. The lowest BCUT2D eigenvalue weighted by atomic mass is 10.1. The number of aromatic nitrogens is 2. The number of nitrogens with zero attached hydrogens (tertiary/aromatic N) is 2. The van der Waals surface area contributed by atoms with Crippen molar-refractivity contribution in [3.8, 4) is 5.75 Å². The Kier molecular flexibility index (Phi) is 4.56. The van der Waals surface area contributed by atoms with Crippen LogP contribution in [0.5, 0.6) is 5.75 Å². The van der Waals surface area contributed by atoms with E-state index in [1.165, 1.54) is 11.8 Å². The van der Waals surface area contributed by atoms with E-state index < -0.39 is 0 Å². The van der Waals surface area contributed by atoms with Gasteiger partial charge >= 0.3 is 5.97 Å². The number of carbonyl (C=O) groups excluding carboxylic acids is 1. The molecule has 0 aliphatic carbocycles. The average Bonchev–Trinajstić information content (AvgIpc) is 3.07. The summed E-state index contributed by atoms with van der Waals surface area (Å²) in [4.78, 5) is 11.6. The molecule has 2 heterocycles. The van der Waals surface area contributed by atoms with E-state index in [1.54, 1.807) is 0 Å². The highest BCUT2D eigenvalue weighted by molar-refractivity contribution is 8.00. The first-order chi connectivity index (χ1) is 11.0. The van der Waals surface area contributed by atoms with Crippen LogP contribution in [-0.4, -0.2) is 27.5 Å². The van der Waals surface area contributed by atoms with Gasteiger partial charge in [0.1, 0.15) is 17.1 Å². The number of thioether (sulfide) groups is 1. The molecule has 1 aliphatic heterocycles. The van der Waals surface area contributed by atoms with Gasteiger partial charge in [-0.3, -0.25) is 4.79 Å². The number of ether oxygens (including phenoxy) is 2. The smallest absolute Gasteiger partial charge is 0.320 e. The van der Waals surface area contributed by atoms with Crippen molar-refractivity contribution in [2.75, 3.05) is 0 Å². The van der Waals surface area contributed by atoms with E-state index in [0.717, 1.165) is 16.9 Å². The summed E-state index contributed by atoms with van der Waals surface area (Å²) in [6.45, 7) is 6.06. The van der Waals surface area contributed by atoms with Crippen molar-refractivity contribution >= 4 is 17.7 Å². The highest BCUT2D eigenvalue weighted by Gasteiger charge is 2.34. The molecule has 0 unspecified atom stereocenters. The molecule has 0 saturated carbocycles. The molecule has 6 nitrogen and oxygen atoms in total. The van der Waals surface area contributed by atoms with Crippen molar-refractivity contribution in [3.05, 3.63) is 35.2 Å². The van der Waals surface area contributed by atoms with Gasteiger partial charge in [-0.05, 0) is 49.7 Å². The van der Waals surface area contributed by atoms with Gasteiger partial charge in [-0.15, -0.1) is 10.2 Å². The topological polar surface area (TPSA) is 74.5 Å². The number of cyclic esters (lactones) is 1. The number of hydrogen-bond acceptors (Lipinski definition) is 7. The lowest BCUT2D eigenvalue weighted by Gasteiger charge is -2.07. The molecule has 0 amide bonds. The molecule has 122 valence electrons. The Hall–Kier alpha value is -2.02. The maximum Gasteiger partial charge on any atom is 0.320 e. The first-order valence-electron chi connectivity index (χ1n) is 7.41. The van der Waals surface area contributed by atoms with E-state index in [1.807, 2.05) is 39.0 Å². The van der Waals surface area contributed by atoms with Gasteiger partial charge in [0.15, 0.2) is 6.61 Å². The number of rotatable bonds is 5. The predicted octanol–water partition coefficient (Wildman–Crippen LogP) is 3.06. The third kappa shape index (κ3) is 3.85. The molecule has 1 fully saturated rings. The van der Waals surface area contributed by atoms with Crippen LogP contribution in [0.1, 0.15) is 30.4 Å². The number of esters is 1. The summed E-state index contributed by atoms with van der Waals surface area (Å²) in [5.41, 5.74) is 2.17. The molecule has 2 atom stereocenters. The van der Waals surface area contributed by atoms with Gasteiger partial charge in [-0.25, -0.2) is 0 Å². The van der Waals surface area contributed by atoms with E-state index in [4.69, 9.17) is 13.9 Å². The Morgan fingerprint density at radius 3 is 2.91 bits per heavy atom. The van der Waals surface area contributed by atoms with Crippen molar-refractivity contribution in [2.24, 2.45) is 0 Å². The number of hydrogen-bond donors (Lipinski definition) is 0. The highest BCUT2D eigenvalue weighted by Crippen LogP contribution is 2.31. The standard InChI is InChI=1S/C16H18N2O4S/c1-9-4-5-10(2)12(6-9)20-8-14-17-18-16(22-14)23-13-7-11(3)21-15(13)19/h4-6,11,13H,7-8H2,1-3H3/t11-,13+/m1/s1. The molecule has 0 N–H and O–H groups in total. The van der Waals surface area contributed by atoms with E-state index >= 15 is 0 Å². The predicted molar refractivity (Wildman–Crippen MR) is 84.4 cm³/mol. The van der Waals surface area contributed by atoms with Gasteiger partial charge in [0.05, 0.1) is 0 Å². The maximum atomic E-state index is 11.6. The van der Waals surface area contributed by atoms with Crippen LogP contribution in [0.25, 0.3) is 0 Å². The lowest BCUT2D eigenvalue weighted by Crippen LogP contribution is -2.09. The average molecular weight is 334 g/mol. The van der Waals surface area contributed by atoms with Crippen LogP contribution < -0.4 is 4.74 Å². The first kappa shape index (κ1) is 15.9. The minimum Gasteiger partial charge on any atom is -0.484 e. The van der Waals surface area contributed by atoms with Crippen molar-refractivity contribution in [2.45, 2.75) is 50.4 Å². The fraction of sp³-hybridized carbons (Fsp3) is 0.438. The molecule has 3 rings (SSSR count). The molecule has 0 spiro atoms. The van der Waals surface area contributed by atoms with Crippen LogP contribution in [0.2, 0.25) is 0 Å². The van der Waals surface area contributed by atoms with Crippen molar-refractivity contribution in [1.29, 1.82) is 0 Å². The van der Waals surface area contributed by atoms with Crippen molar-refractivity contribution in [1.82, 2.24) is 10.2 Å². The van der Waals surface area contributed by atoms with Gasteiger partial charge in [0, 0.05) is 6.42 Å². The molecule has 1 saturated heterocycles. The van der Waals surface area contributed by atoms with Gasteiger partial charge in [0.2, 0.25) is 0 Å². The zero-order valence-electron chi connectivity index (χ0n) is 13.2. The van der Waals surface area contributed by atoms with Crippen LogP contribution >= 0.6 is 11.8 Å². The molecular formula is C16H18N2O4S. The minimum absolute atomic E-state index is 0.0602. The highest BCUT2D eigenvalue weighted by atomic mass is 32.2. The van der Waals surface area contributed by atoms with Crippen LogP contribution in [0, 0.1) is 13.8 Å². The second kappa shape index (κ2) is 6.62. The first-order valence-corrected chi connectivity index (χ1v) is 8.29. The van der Waals surface area contributed by atoms with Crippen LogP contribution in [0.3, 0.4) is 0 Å². The van der Waals surface area contributed by atoms with Gasteiger partial charge in [0.25, 0.3) is 11.1 Å². The fourth-order valence-corrected chi connectivity index (χ4v) is 3.28. The molecule has 23 heavy (non-hydrogen) atoms. The molecule has 1 aliphatic rings. The normalized spacial score (nSPS) is 20.6. The summed E-state index contributed by atoms with van der Waals surface area (Å²) >= 11 is 1.24. The van der Waals surface area contributed by atoms with E-state index in [2.05, 4.69) is 10.2 Å². The Balaban J connectivity index is 1.59. The second-order valence-electron chi connectivity index (χ2n) is 5.61. The van der Waals surface area contributed by atoms with E-state index in [-0.39, 0.29) is 23.9 Å². The Labute approximate surface area is 138 Å². The Morgan fingerprint density at radius 2 is 2.17 bits per heavy atom. The molecule has 2 aromatic rings. The largest absolute Gasteiger partial charge is 0.484 e. The zero-order chi connectivity index (χ0) is 16.4. The Morgan fingerprint density at radius 1 is 1.35 bits per heavy atom.